The van der Waals surface area contributed by atoms with Gasteiger partial charge >= 0.3 is 0 Å². The zero-order valence-corrected chi connectivity index (χ0v) is 15.8. The maximum atomic E-state index is 12.5. The molecule has 2 aromatic heterocycles. The Labute approximate surface area is 151 Å². The fourth-order valence-electron chi connectivity index (χ4n) is 2.81. The van der Waals surface area contributed by atoms with Gasteiger partial charge in [0.15, 0.2) is 0 Å². The van der Waals surface area contributed by atoms with Crippen molar-refractivity contribution in [3.63, 3.8) is 0 Å². The Hall–Kier alpha value is -2.47. The molecule has 130 valence electrons. The highest BCUT2D eigenvalue weighted by Gasteiger charge is 2.18. The number of carbonyl (C=O) groups is 1. The van der Waals surface area contributed by atoms with Gasteiger partial charge < -0.3 is 5.32 Å². The molecule has 0 fully saturated rings. The molecule has 3 rings (SSSR count). The molecule has 0 saturated carbocycles. The predicted octanol–water partition coefficient (Wildman–Crippen LogP) is 3.65. The van der Waals surface area contributed by atoms with Crippen molar-refractivity contribution in [1.82, 2.24) is 20.1 Å². The first-order chi connectivity index (χ1) is 12.0. The molecule has 3 aromatic rings. The summed E-state index contributed by atoms with van der Waals surface area (Å²) >= 11 is 1.59. The summed E-state index contributed by atoms with van der Waals surface area (Å²) in [6, 6.07) is 8.30. The van der Waals surface area contributed by atoms with Gasteiger partial charge in [0.25, 0.3) is 5.91 Å². The Morgan fingerprint density at radius 3 is 2.60 bits per heavy atom. The van der Waals surface area contributed by atoms with Crippen LogP contribution in [0, 0.1) is 13.8 Å². The molecule has 5 nitrogen and oxygen atoms in total. The van der Waals surface area contributed by atoms with Crippen molar-refractivity contribution in [3.8, 4) is 10.6 Å². The van der Waals surface area contributed by atoms with E-state index in [0.717, 1.165) is 33.9 Å². The van der Waals surface area contributed by atoms with Crippen molar-refractivity contribution in [2.45, 2.75) is 33.7 Å². The number of rotatable bonds is 5. The standard InChI is InChI=1S/C19H22N4OS/c1-5-16-13(3)17(23(4)22-16)18(24)20-10-15-11-25-19(21-15)14-8-6-12(2)7-9-14/h6-9,11H,5,10H2,1-4H3,(H,20,24). The van der Waals surface area contributed by atoms with E-state index < -0.39 is 0 Å². The zero-order chi connectivity index (χ0) is 18.0. The summed E-state index contributed by atoms with van der Waals surface area (Å²) in [5.41, 5.74) is 5.72. The fourth-order valence-corrected chi connectivity index (χ4v) is 3.64. The lowest BCUT2D eigenvalue weighted by Gasteiger charge is -2.05. The summed E-state index contributed by atoms with van der Waals surface area (Å²) in [5.74, 6) is -0.114. The van der Waals surface area contributed by atoms with E-state index in [9.17, 15) is 4.79 Å². The molecule has 2 heterocycles. The van der Waals surface area contributed by atoms with E-state index in [0.29, 0.717) is 12.2 Å². The van der Waals surface area contributed by atoms with Crippen LogP contribution in [-0.2, 0) is 20.0 Å². The lowest BCUT2D eigenvalue weighted by atomic mass is 10.1. The molecular formula is C19H22N4OS. The minimum absolute atomic E-state index is 0.114. The summed E-state index contributed by atoms with van der Waals surface area (Å²) in [5, 5.41) is 10.3. The maximum Gasteiger partial charge on any atom is 0.270 e. The number of aromatic nitrogens is 3. The highest BCUT2D eigenvalue weighted by molar-refractivity contribution is 7.13. The van der Waals surface area contributed by atoms with Gasteiger partial charge in [-0.2, -0.15) is 5.10 Å². The van der Waals surface area contributed by atoms with Crippen LogP contribution in [0.3, 0.4) is 0 Å². The van der Waals surface area contributed by atoms with E-state index >= 15 is 0 Å². The van der Waals surface area contributed by atoms with Crippen molar-refractivity contribution in [2.75, 3.05) is 0 Å². The molecule has 1 aromatic carbocycles. The molecule has 0 radical (unpaired) electrons. The van der Waals surface area contributed by atoms with Crippen molar-refractivity contribution in [3.05, 3.63) is 57.9 Å². The van der Waals surface area contributed by atoms with E-state index in [1.165, 1.54) is 5.56 Å². The SMILES string of the molecule is CCc1nn(C)c(C(=O)NCc2csc(-c3ccc(C)cc3)n2)c1C. The van der Waals surface area contributed by atoms with Gasteiger partial charge in [-0.15, -0.1) is 11.3 Å². The number of hydrogen-bond acceptors (Lipinski definition) is 4. The van der Waals surface area contributed by atoms with Crippen LogP contribution in [0.15, 0.2) is 29.6 Å². The first-order valence-corrected chi connectivity index (χ1v) is 9.19. The van der Waals surface area contributed by atoms with E-state index in [2.05, 4.69) is 46.6 Å². The summed E-state index contributed by atoms with van der Waals surface area (Å²) < 4.78 is 1.66. The molecule has 0 aliphatic carbocycles. The minimum atomic E-state index is -0.114. The van der Waals surface area contributed by atoms with Crippen LogP contribution in [0.2, 0.25) is 0 Å². The molecule has 0 aliphatic heterocycles. The lowest BCUT2D eigenvalue weighted by molar-refractivity contribution is 0.0940. The summed E-state index contributed by atoms with van der Waals surface area (Å²) in [6.45, 7) is 6.46. The maximum absolute atomic E-state index is 12.5. The molecule has 0 aliphatic rings. The number of thiazole rings is 1. The number of benzene rings is 1. The quantitative estimate of drug-likeness (QED) is 0.761. The Balaban J connectivity index is 1.69. The monoisotopic (exact) mass is 354 g/mol. The van der Waals surface area contributed by atoms with E-state index in [-0.39, 0.29) is 5.91 Å². The smallest absolute Gasteiger partial charge is 0.270 e. The van der Waals surface area contributed by atoms with Gasteiger partial charge in [-0.1, -0.05) is 36.8 Å². The summed E-state index contributed by atoms with van der Waals surface area (Å²) in [7, 11) is 1.80. The van der Waals surface area contributed by atoms with Gasteiger partial charge in [-0.05, 0) is 20.3 Å². The average Bonchev–Trinajstić information content (AvgIpc) is 3.18. The van der Waals surface area contributed by atoms with E-state index in [1.807, 2.05) is 19.2 Å². The van der Waals surface area contributed by atoms with Crippen LogP contribution in [0.1, 0.15) is 39.9 Å². The molecule has 0 spiro atoms. The van der Waals surface area contributed by atoms with Gasteiger partial charge in [0, 0.05) is 23.6 Å². The second-order valence-electron chi connectivity index (χ2n) is 6.09. The topological polar surface area (TPSA) is 59.8 Å². The molecular weight excluding hydrogens is 332 g/mol. The third-order valence-corrected chi connectivity index (χ3v) is 5.15. The molecule has 0 saturated heterocycles. The largest absolute Gasteiger partial charge is 0.345 e. The van der Waals surface area contributed by atoms with Gasteiger partial charge in [0.2, 0.25) is 0 Å². The van der Waals surface area contributed by atoms with Crippen LogP contribution < -0.4 is 5.32 Å². The van der Waals surface area contributed by atoms with Gasteiger partial charge in [0.1, 0.15) is 10.7 Å². The Morgan fingerprint density at radius 1 is 1.24 bits per heavy atom. The first kappa shape index (κ1) is 17.4. The molecule has 0 unspecified atom stereocenters. The van der Waals surface area contributed by atoms with E-state index in [1.54, 1.807) is 23.1 Å². The second kappa shape index (κ2) is 7.19. The Kier molecular flexibility index (Phi) is 4.99. The van der Waals surface area contributed by atoms with Gasteiger partial charge in [-0.3, -0.25) is 9.48 Å². The average molecular weight is 354 g/mol. The number of aryl methyl sites for hydroxylation is 3. The minimum Gasteiger partial charge on any atom is -0.345 e. The Bertz CT molecular complexity index is 893. The van der Waals surface area contributed by atoms with Crippen LogP contribution in [-0.4, -0.2) is 20.7 Å². The van der Waals surface area contributed by atoms with E-state index in [4.69, 9.17) is 0 Å². The number of carbonyl (C=O) groups excluding carboxylic acids is 1. The number of amides is 1. The fraction of sp³-hybridized carbons (Fsp3) is 0.316. The molecule has 0 atom stereocenters. The van der Waals surface area contributed by atoms with Gasteiger partial charge in [0.05, 0.1) is 17.9 Å². The highest BCUT2D eigenvalue weighted by Crippen LogP contribution is 2.24. The Morgan fingerprint density at radius 2 is 1.96 bits per heavy atom. The van der Waals surface area contributed by atoms with Crippen molar-refractivity contribution in [2.24, 2.45) is 7.05 Å². The summed E-state index contributed by atoms with van der Waals surface area (Å²) in [6.07, 6.45) is 0.818. The molecule has 1 amide bonds. The third-order valence-electron chi connectivity index (χ3n) is 4.21. The number of hydrogen-bond donors (Lipinski definition) is 1. The normalized spacial score (nSPS) is 10.9. The third kappa shape index (κ3) is 3.64. The molecule has 0 bridgehead atoms. The highest BCUT2D eigenvalue weighted by atomic mass is 32.1. The first-order valence-electron chi connectivity index (χ1n) is 8.31. The molecule has 6 heteroatoms. The number of nitrogens with zero attached hydrogens (tertiary/aromatic N) is 3. The molecule has 25 heavy (non-hydrogen) atoms. The van der Waals surface area contributed by atoms with Gasteiger partial charge in [-0.25, -0.2) is 4.98 Å². The number of nitrogens with one attached hydrogen (secondary N) is 1. The summed E-state index contributed by atoms with van der Waals surface area (Å²) in [4.78, 5) is 17.1. The van der Waals surface area contributed by atoms with Crippen molar-refractivity contribution >= 4 is 17.2 Å². The predicted molar refractivity (Wildman–Crippen MR) is 101 cm³/mol. The van der Waals surface area contributed by atoms with Crippen LogP contribution in [0.5, 0.6) is 0 Å². The second-order valence-corrected chi connectivity index (χ2v) is 6.95. The lowest BCUT2D eigenvalue weighted by Crippen LogP contribution is -2.26. The zero-order valence-electron chi connectivity index (χ0n) is 15.0. The molecule has 1 N–H and O–H groups in total. The van der Waals surface area contributed by atoms with Crippen molar-refractivity contribution < 1.29 is 4.79 Å². The van der Waals surface area contributed by atoms with Crippen molar-refractivity contribution in [1.29, 1.82) is 0 Å². The van der Waals surface area contributed by atoms with Crippen LogP contribution >= 0.6 is 11.3 Å². The van der Waals surface area contributed by atoms with Crippen LogP contribution in [0.4, 0.5) is 0 Å². The van der Waals surface area contributed by atoms with Crippen LogP contribution in [0.25, 0.3) is 10.6 Å².